The number of likely N-dealkylation sites (tertiary alicyclic amines) is 1. The van der Waals surface area contributed by atoms with E-state index in [0.29, 0.717) is 0 Å². The van der Waals surface area contributed by atoms with Gasteiger partial charge in [0.05, 0.1) is 0 Å². The summed E-state index contributed by atoms with van der Waals surface area (Å²) in [6.07, 6.45) is 2.94. The molecule has 0 unspecified atom stereocenters. The number of carbonyl (C=O) groups excluding carboxylic acids is 2. The lowest BCUT2D eigenvalue weighted by Gasteiger charge is -2.26. The molecule has 0 atom stereocenters. The molecule has 0 radical (unpaired) electrons. The second kappa shape index (κ2) is 6.88. The summed E-state index contributed by atoms with van der Waals surface area (Å²) in [5, 5.41) is 10.8. The van der Waals surface area contributed by atoms with Crippen molar-refractivity contribution in [3.8, 4) is 0 Å². The monoisotopic (exact) mass is 242 g/mol. The second-order valence-corrected chi connectivity index (χ2v) is 4.11. The number of carboxylic acids is 1. The van der Waals surface area contributed by atoms with E-state index in [4.69, 9.17) is 5.11 Å². The van der Waals surface area contributed by atoms with E-state index < -0.39 is 18.3 Å². The van der Waals surface area contributed by atoms with Crippen molar-refractivity contribution in [3.05, 3.63) is 0 Å². The van der Waals surface area contributed by atoms with E-state index in [0.717, 1.165) is 25.9 Å². The van der Waals surface area contributed by atoms with Crippen LogP contribution in [0.4, 0.5) is 0 Å². The molecule has 1 rings (SSSR count). The quantitative estimate of drug-likeness (QED) is 0.663. The molecule has 1 saturated heterocycles. The van der Waals surface area contributed by atoms with Crippen molar-refractivity contribution in [2.24, 2.45) is 0 Å². The van der Waals surface area contributed by atoms with E-state index >= 15 is 0 Å². The van der Waals surface area contributed by atoms with Crippen molar-refractivity contribution < 1.29 is 19.5 Å². The van der Waals surface area contributed by atoms with Crippen molar-refractivity contribution in [1.29, 1.82) is 0 Å². The Labute approximate surface area is 100.0 Å². The molecular weight excluding hydrogens is 224 g/mol. The van der Waals surface area contributed by atoms with Gasteiger partial charge in [0.1, 0.15) is 6.42 Å². The average molecular weight is 242 g/mol. The Morgan fingerprint density at radius 2 is 1.76 bits per heavy atom. The fourth-order valence-corrected chi connectivity index (χ4v) is 1.81. The molecule has 6 heteroatoms. The van der Waals surface area contributed by atoms with E-state index in [1.54, 1.807) is 4.90 Å². The van der Waals surface area contributed by atoms with Crippen LogP contribution in [-0.4, -0.2) is 47.4 Å². The third kappa shape index (κ3) is 5.33. The standard InChI is InChI=1S/C11H18N2O4/c14-9(8-11(16)17)12-5-4-10(15)13-6-2-1-3-7-13/h1-8H2,(H,12,14)(H,16,17). The van der Waals surface area contributed by atoms with Crippen LogP contribution in [0.2, 0.25) is 0 Å². The maximum atomic E-state index is 11.7. The van der Waals surface area contributed by atoms with Gasteiger partial charge in [0.25, 0.3) is 0 Å². The molecule has 0 spiro atoms. The van der Waals surface area contributed by atoms with Gasteiger partial charge >= 0.3 is 5.97 Å². The van der Waals surface area contributed by atoms with Crippen LogP contribution in [0, 0.1) is 0 Å². The number of piperidine rings is 1. The number of rotatable bonds is 5. The third-order valence-electron chi connectivity index (χ3n) is 2.68. The SMILES string of the molecule is O=C(O)CC(=O)NCCC(=O)N1CCCCC1. The van der Waals surface area contributed by atoms with Crippen LogP contribution >= 0.6 is 0 Å². The normalized spacial score (nSPS) is 15.4. The smallest absolute Gasteiger partial charge is 0.312 e. The predicted octanol–water partition coefficient (Wildman–Crippen LogP) is -0.0201. The van der Waals surface area contributed by atoms with Crippen molar-refractivity contribution >= 4 is 17.8 Å². The molecule has 96 valence electrons. The number of amides is 2. The Hall–Kier alpha value is -1.59. The molecule has 1 fully saturated rings. The zero-order valence-electron chi connectivity index (χ0n) is 9.78. The predicted molar refractivity (Wildman–Crippen MR) is 60.3 cm³/mol. The molecule has 2 N–H and O–H groups in total. The lowest BCUT2D eigenvalue weighted by molar-refractivity contribution is -0.140. The summed E-state index contributed by atoms with van der Waals surface area (Å²) in [5.74, 6) is -1.69. The fourth-order valence-electron chi connectivity index (χ4n) is 1.81. The zero-order chi connectivity index (χ0) is 12.7. The molecule has 0 aromatic carbocycles. The Kier molecular flexibility index (Phi) is 5.45. The highest BCUT2D eigenvalue weighted by atomic mass is 16.4. The molecule has 17 heavy (non-hydrogen) atoms. The number of hydrogen-bond acceptors (Lipinski definition) is 3. The van der Waals surface area contributed by atoms with Crippen LogP contribution in [0.1, 0.15) is 32.1 Å². The van der Waals surface area contributed by atoms with Crippen molar-refractivity contribution in [2.75, 3.05) is 19.6 Å². The molecule has 1 aliphatic rings. The molecule has 0 aromatic rings. The minimum atomic E-state index is -1.16. The van der Waals surface area contributed by atoms with Gasteiger partial charge in [0.2, 0.25) is 11.8 Å². The Morgan fingerprint density at radius 1 is 1.12 bits per heavy atom. The van der Waals surface area contributed by atoms with Gasteiger partial charge in [0, 0.05) is 26.1 Å². The van der Waals surface area contributed by atoms with E-state index in [2.05, 4.69) is 5.32 Å². The number of carbonyl (C=O) groups is 3. The minimum absolute atomic E-state index is 0.0281. The lowest BCUT2D eigenvalue weighted by Crippen LogP contribution is -2.38. The van der Waals surface area contributed by atoms with Crippen LogP contribution in [-0.2, 0) is 14.4 Å². The summed E-state index contributed by atoms with van der Waals surface area (Å²) >= 11 is 0. The summed E-state index contributed by atoms with van der Waals surface area (Å²) < 4.78 is 0. The first-order chi connectivity index (χ1) is 8.09. The molecule has 2 amide bonds. The van der Waals surface area contributed by atoms with E-state index in [-0.39, 0.29) is 18.9 Å². The highest BCUT2D eigenvalue weighted by Crippen LogP contribution is 2.09. The molecule has 1 aliphatic heterocycles. The van der Waals surface area contributed by atoms with Crippen LogP contribution in [0.25, 0.3) is 0 Å². The molecule has 6 nitrogen and oxygen atoms in total. The largest absolute Gasteiger partial charge is 0.481 e. The van der Waals surface area contributed by atoms with Gasteiger partial charge in [-0.25, -0.2) is 0 Å². The van der Waals surface area contributed by atoms with Crippen LogP contribution in [0.3, 0.4) is 0 Å². The van der Waals surface area contributed by atoms with Gasteiger partial charge in [-0.1, -0.05) is 0 Å². The fraction of sp³-hybridized carbons (Fsp3) is 0.727. The third-order valence-corrected chi connectivity index (χ3v) is 2.68. The minimum Gasteiger partial charge on any atom is -0.481 e. The number of carboxylic acid groups (broad SMARTS) is 1. The van der Waals surface area contributed by atoms with Crippen molar-refractivity contribution in [1.82, 2.24) is 10.2 Å². The summed E-state index contributed by atoms with van der Waals surface area (Å²) in [6.45, 7) is 1.80. The Morgan fingerprint density at radius 3 is 2.35 bits per heavy atom. The topological polar surface area (TPSA) is 86.7 Å². The van der Waals surface area contributed by atoms with Crippen molar-refractivity contribution in [2.45, 2.75) is 32.1 Å². The number of aliphatic carboxylic acids is 1. The first-order valence-electron chi connectivity index (χ1n) is 5.86. The van der Waals surface area contributed by atoms with Crippen LogP contribution in [0.15, 0.2) is 0 Å². The molecule has 0 aromatic heterocycles. The lowest BCUT2D eigenvalue weighted by atomic mass is 10.1. The molecule has 0 bridgehead atoms. The van der Waals surface area contributed by atoms with E-state index in [1.807, 2.05) is 0 Å². The van der Waals surface area contributed by atoms with Crippen LogP contribution in [0.5, 0.6) is 0 Å². The Balaban J connectivity index is 2.15. The summed E-state index contributed by atoms with van der Waals surface area (Å²) in [7, 11) is 0. The van der Waals surface area contributed by atoms with Crippen LogP contribution < -0.4 is 5.32 Å². The number of nitrogens with zero attached hydrogens (tertiary/aromatic N) is 1. The summed E-state index contributed by atoms with van der Waals surface area (Å²) in [6, 6.07) is 0. The number of hydrogen-bond donors (Lipinski definition) is 2. The molecule has 0 aliphatic carbocycles. The van der Waals surface area contributed by atoms with Crippen molar-refractivity contribution in [3.63, 3.8) is 0 Å². The second-order valence-electron chi connectivity index (χ2n) is 4.11. The van der Waals surface area contributed by atoms with Gasteiger partial charge in [-0.15, -0.1) is 0 Å². The zero-order valence-corrected chi connectivity index (χ0v) is 9.78. The van der Waals surface area contributed by atoms with Gasteiger partial charge in [-0.05, 0) is 19.3 Å². The molecule has 0 saturated carbocycles. The summed E-state index contributed by atoms with van der Waals surface area (Å²) in [5.41, 5.74) is 0. The molecule has 1 heterocycles. The maximum Gasteiger partial charge on any atom is 0.312 e. The van der Waals surface area contributed by atoms with Gasteiger partial charge < -0.3 is 15.3 Å². The number of nitrogens with one attached hydrogen (secondary N) is 1. The molecular formula is C11H18N2O4. The van der Waals surface area contributed by atoms with E-state index in [1.165, 1.54) is 6.42 Å². The Bertz CT molecular complexity index is 298. The van der Waals surface area contributed by atoms with Gasteiger partial charge in [0.15, 0.2) is 0 Å². The average Bonchev–Trinajstić information content (AvgIpc) is 2.29. The highest BCUT2D eigenvalue weighted by Gasteiger charge is 2.16. The summed E-state index contributed by atoms with van der Waals surface area (Å²) in [4.78, 5) is 34.7. The maximum absolute atomic E-state index is 11.7. The van der Waals surface area contributed by atoms with Gasteiger partial charge in [-0.3, -0.25) is 14.4 Å². The van der Waals surface area contributed by atoms with Gasteiger partial charge in [-0.2, -0.15) is 0 Å². The van der Waals surface area contributed by atoms with E-state index in [9.17, 15) is 14.4 Å². The first-order valence-corrected chi connectivity index (χ1v) is 5.86. The highest BCUT2D eigenvalue weighted by molar-refractivity contribution is 5.93. The first kappa shape index (κ1) is 13.5.